The van der Waals surface area contributed by atoms with E-state index in [2.05, 4.69) is 52.8 Å². The zero-order valence-electron chi connectivity index (χ0n) is 10.9. The maximum atomic E-state index is 2.26. The summed E-state index contributed by atoms with van der Waals surface area (Å²) in [5.74, 6) is 0. The first-order chi connectivity index (χ1) is 6.65. The molecule has 0 N–H and O–H groups in total. The molecule has 0 aliphatic heterocycles. The van der Waals surface area contributed by atoms with Gasteiger partial charge in [0.25, 0.3) is 0 Å². The van der Waals surface area contributed by atoms with E-state index in [-0.39, 0.29) is 0 Å². The van der Waals surface area contributed by atoms with Crippen molar-refractivity contribution in [2.45, 2.75) is 54.9 Å². The quantitative estimate of drug-likeness (QED) is 0.536. The maximum Gasteiger partial charge on any atom is -0.0305 e. The van der Waals surface area contributed by atoms with Crippen molar-refractivity contribution in [2.24, 2.45) is 0 Å². The second-order valence-corrected chi connectivity index (χ2v) is 3.03. The largest absolute Gasteiger partial charge is 0.0847 e. The minimum Gasteiger partial charge on any atom is -0.0847 e. The fourth-order valence-corrected chi connectivity index (χ4v) is 1.04. The van der Waals surface area contributed by atoms with E-state index in [1.165, 1.54) is 16.7 Å². The molecule has 0 aromatic heterocycles. The summed E-state index contributed by atoms with van der Waals surface area (Å²) in [6.45, 7) is 14.7. The predicted molar refractivity (Wildman–Crippen MR) is 68.6 cm³/mol. The molecule has 0 heteroatoms. The van der Waals surface area contributed by atoms with E-state index < -0.39 is 0 Å². The summed E-state index contributed by atoms with van der Waals surface area (Å²) >= 11 is 0. The Hall–Kier alpha value is -0.780. The second kappa shape index (κ2) is 10.3. The predicted octanol–water partition coefficient (Wildman–Crippen LogP) is 5.28. The molecular formula is C14H26. The van der Waals surface area contributed by atoms with Crippen LogP contribution in [0.1, 0.15) is 54.9 Å². The molecule has 0 bridgehead atoms. The fourth-order valence-electron chi connectivity index (χ4n) is 1.04. The van der Waals surface area contributed by atoms with E-state index in [0.29, 0.717) is 0 Å². The van der Waals surface area contributed by atoms with E-state index in [0.717, 1.165) is 6.42 Å². The molecule has 0 saturated heterocycles. The van der Waals surface area contributed by atoms with Crippen LogP contribution in [0.4, 0.5) is 0 Å². The second-order valence-electron chi connectivity index (χ2n) is 3.03. The molecule has 0 aliphatic carbocycles. The fraction of sp³-hybridized carbons (Fsp3) is 0.571. The van der Waals surface area contributed by atoms with E-state index in [4.69, 9.17) is 0 Å². The van der Waals surface area contributed by atoms with Crippen molar-refractivity contribution in [2.75, 3.05) is 0 Å². The third kappa shape index (κ3) is 6.71. The van der Waals surface area contributed by atoms with Crippen molar-refractivity contribution in [1.29, 1.82) is 0 Å². The summed E-state index contributed by atoms with van der Waals surface area (Å²) in [6, 6.07) is 0. The molecule has 0 radical (unpaired) electrons. The molecule has 0 aromatic carbocycles. The highest BCUT2D eigenvalue weighted by molar-refractivity contribution is 5.34. The van der Waals surface area contributed by atoms with E-state index >= 15 is 0 Å². The maximum absolute atomic E-state index is 2.26. The van der Waals surface area contributed by atoms with Crippen LogP contribution in [0.2, 0.25) is 0 Å². The topological polar surface area (TPSA) is 0 Å². The Labute approximate surface area is 90.4 Å². The van der Waals surface area contributed by atoms with Crippen molar-refractivity contribution >= 4 is 0 Å². The molecule has 0 spiro atoms. The highest BCUT2D eigenvalue weighted by Gasteiger charge is 1.95. The van der Waals surface area contributed by atoms with Crippen LogP contribution in [0, 0.1) is 0 Å². The molecule has 0 rings (SSSR count). The minimum atomic E-state index is 1.11. The Bertz CT molecular complexity index is 214. The van der Waals surface area contributed by atoms with Crippen LogP contribution in [0.25, 0.3) is 0 Å². The first-order valence-electron chi connectivity index (χ1n) is 5.62. The molecule has 14 heavy (non-hydrogen) atoms. The van der Waals surface area contributed by atoms with Gasteiger partial charge in [-0.3, -0.25) is 0 Å². The molecule has 0 amide bonds. The van der Waals surface area contributed by atoms with Crippen molar-refractivity contribution in [3.05, 3.63) is 34.9 Å². The summed E-state index contributed by atoms with van der Waals surface area (Å²) < 4.78 is 0. The van der Waals surface area contributed by atoms with Crippen molar-refractivity contribution in [3.8, 4) is 0 Å². The molecule has 0 heterocycles. The van der Waals surface area contributed by atoms with E-state index in [1.54, 1.807) is 0 Å². The molecule has 0 nitrogen and oxygen atoms in total. The Morgan fingerprint density at radius 3 is 1.79 bits per heavy atom. The molecule has 0 aromatic rings. The minimum absolute atomic E-state index is 1.11. The average molecular weight is 194 g/mol. The lowest BCUT2D eigenvalue weighted by atomic mass is 10.0. The molecule has 0 unspecified atom stereocenters. The zero-order chi connectivity index (χ0) is 11.6. The van der Waals surface area contributed by atoms with Gasteiger partial charge >= 0.3 is 0 Å². The highest BCUT2D eigenvalue weighted by atomic mass is 14.0. The monoisotopic (exact) mass is 194 g/mol. The average Bonchev–Trinajstić information content (AvgIpc) is 2.27. The summed E-state index contributed by atoms with van der Waals surface area (Å²) in [6.07, 6.45) is 7.67. The summed E-state index contributed by atoms with van der Waals surface area (Å²) in [4.78, 5) is 0. The number of hydrogen-bond donors (Lipinski definition) is 0. The van der Waals surface area contributed by atoms with Crippen LogP contribution in [-0.4, -0.2) is 0 Å². The van der Waals surface area contributed by atoms with Crippen molar-refractivity contribution in [3.63, 3.8) is 0 Å². The van der Waals surface area contributed by atoms with Gasteiger partial charge in [0, 0.05) is 0 Å². The third-order valence-electron chi connectivity index (χ3n) is 2.18. The standard InChI is InChI=1S/C12H20.C2H6/c1-6-10(4)9-12(8-3)11(5)7-2;1-2/h6-7,9H,8H2,1-5H3;1-2H3/b10-6-,11-7+,12-9+;. The van der Waals surface area contributed by atoms with Crippen molar-refractivity contribution in [1.82, 2.24) is 0 Å². The summed E-state index contributed by atoms with van der Waals surface area (Å²) in [5.41, 5.74) is 4.17. The van der Waals surface area contributed by atoms with Gasteiger partial charge in [-0.1, -0.05) is 50.1 Å². The van der Waals surface area contributed by atoms with Gasteiger partial charge < -0.3 is 0 Å². The van der Waals surface area contributed by atoms with Gasteiger partial charge in [-0.25, -0.2) is 0 Å². The molecular weight excluding hydrogens is 168 g/mol. The van der Waals surface area contributed by atoms with Crippen LogP contribution in [-0.2, 0) is 0 Å². The Kier molecular flexibility index (Phi) is 11.5. The highest BCUT2D eigenvalue weighted by Crippen LogP contribution is 2.15. The Morgan fingerprint density at radius 2 is 1.50 bits per heavy atom. The Morgan fingerprint density at radius 1 is 1.00 bits per heavy atom. The van der Waals surface area contributed by atoms with Gasteiger partial charge in [-0.05, 0) is 39.7 Å². The van der Waals surface area contributed by atoms with E-state index in [9.17, 15) is 0 Å². The first kappa shape index (κ1) is 15.7. The van der Waals surface area contributed by atoms with Gasteiger partial charge in [0.05, 0.1) is 0 Å². The first-order valence-corrected chi connectivity index (χ1v) is 5.62. The number of rotatable bonds is 3. The molecule has 0 saturated carbocycles. The van der Waals surface area contributed by atoms with Crippen molar-refractivity contribution < 1.29 is 0 Å². The van der Waals surface area contributed by atoms with Gasteiger partial charge in [-0.2, -0.15) is 0 Å². The third-order valence-corrected chi connectivity index (χ3v) is 2.18. The molecule has 0 atom stereocenters. The lowest BCUT2D eigenvalue weighted by molar-refractivity contribution is 1.09. The lowest BCUT2D eigenvalue weighted by Gasteiger charge is -2.04. The lowest BCUT2D eigenvalue weighted by Crippen LogP contribution is -1.84. The molecule has 82 valence electrons. The van der Waals surface area contributed by atoms with Crippen LogP contribution >= 0.6 is 0 Å². The summed E-state index contributed by atoms with van der Waals surface area (Å²) in [7, 11) is 0. The smallest absolute Gasteiger partial charge is 0.0305 e. The Balaban J connectivity index is 0. The van der Waals surface area contributed by atoms with Gasteiger partial charge in [0.2, 0.25) is 0 Å². The SMILES string of the molecule is CC.C\C=C(C)/C=C(CC)/C(C)=C/C. The molecule has 0 fully saturated rings. The van der Waals surface area contributed by atoms with Crippen LogP contribution in [0.3, 0.4) is 0 Å². The van der Waals surface area contributed by atoms with Gasteiger partial charge in [0.1, 0.15) is 0 Å². The normalized spacial score (nSPS) is 13.5. The number of allylic oxidation sites excluding steroid dienone is 6. The van der Waals surface area contributed by atoms with Gasteiger partial charge in [0.15, 0.2) is 0 Å². The van der Waals surface area contributed by atoms with Crippen LogP contribution in [0.15, 0.2) is 34.9 Å². The number of hydrogen-bond acceptors (Lipinski definition) is 0. The zero-order valence-corrected chi connectivity index (χ0v) is 10.9. The van der Waals surface area contributed by atoms with Crippen LogP contribution < -0.4 is 0 Å². The van der Waals surface area contributed by atoms with E-state index in [1.807, 2.05) is 13.8 Å². The van der Waals surface area contributed by atoms with Gasteiger partial charge in [-0.15, -0.1) is 0 Å². The summed E-state index contributed by atoms with van der Waals surface area (Å²) in [5, 5.41) is 0. The molecule has 0 aliphatic rings. The van der Waals surface area contributed by atoms with Crippen LogP contribution in [0.5, 0.6) is 0 Å².